The molecule has 7 heavy (non-hydrogen) atoms. The van der Waals surface area contributed by atoms with Gasteiger partial charge in [0.1, 0.15) is 0 Å². The van der Waals surface area contributed by atoms with E-state index in [1.54, 1.807) is 5.98 Å². The second-order valence-corrected chi connectivity index (χ2v) is 1.01. The standard InChI is InChI=1S/C4H9BO2/c1-2-7-4-3-5-6/h3-6H,2H2,1H3/b4-3+. The summed E-state index contributed by atoms with van der Waals surface area (Å²) in [6.45, 7) is 2.55. The van der Waals surface area contributed by atoms with Crippen LogP contribution < -0.4 is 0 Å². The van der Waals surface area contributed by atoms with Crippen LogP contribution in [-0.2, 0) is 4.74 Å². The Kier molecular flexibility index (Phi) is 5.22. The van der Waals surface area contributed by atoms with Crippen molar-refractivity contribution >= 4 is 7.48 Å². The van der Waals surface area contributed by atoms with Gasteiger partial charge in [-0.3, -0.25) is 0 Å². The van der Waals surface area contributed by atoms with E-state index in [4.69, 9.17) is 9.76 Å². The highest BCUT2D eigenvalue weighted by Crippen LogP contribution is 1.71. The molecule has 0 heterocycles. The maximum atomic E-state index is 8.13. The largest absolute Gasteiger partial charge is 0.503 e. The molecular weight excluding hydrogens is 90.9 g/mol. The van der Waals surface area contributed by atoms with E-state index in [1.165, 1.54) is 6.26 Å². The molecule has 40 valence electrons. The van der Waals surface area contributed by atoms with Gasteiger partial charge in [0, 0.05) is 0 Å². The van der Waals surface area contributed by atoms with Crippen LogP contribution in [0.5, 0.6) is 0 Å². The zero-order valence-corrected chi connectivity index (χ0v) is 4.42. The van der Waals surface area contributed by atoms with Crippen molar-refractivity contribution in [1.82, 2.24) is 0 Å². The molecule has 3 heteroatoms. The first-order valence-corrected chi connectivity index (χ1v) is 2.29. The molecule has 0 unspecified atom stereocenters. The molecule has 0 aliphatic heterocycles. The number of hydrogen-bond donors (Lipinski definition) is 1. The van der Waals surface area contributed by atoms with Crippen LogP contribution in [0.3, 0.4) is 0 Å². The van der Waals surface area contributed by atoms with Crippen molar-refractivity contribution in [3.63, 3.8) is 0 Å². The first-order chi connectivity index (χ1) is 3.41. The Morgan fingerprint density at radius 1 is 1.86 bits per heavy atom. The molecule has 0 radical (unpaired) electrons. The van der Waals surface area contributed by atoms with Crippen LogP contribution in [0.4, 0.5) is 0 Å². The average Bonchev–Trinajstić information content (AvgIpc) is 1.69. The summed E-state index contributed by atoms with van der Waals surface area (Å²) in [7, 11) is 0.0556. The minimum atomic E-state index is 0.0556. The summed E-state index contributed by atoms with van der Waals surface area (Å²) in [4.78, 5) is 0. The van der Waals surface area contributed by atoms with Crippen molar-refractivity contribution in [1.29, 1.82) is 0 Å². The lowest BCUT2D eigenvalue weighted by molar-refractivity contribution is 0.269. The van der Waals surface area contributed by atoms with Crippen LogP contribution in [0, 0.1) is 0 Å². The van der Waals surface area contributed by atoms with Crippen molar-refractivity contribution in [3.8, 4) is 0 Å². The molecule has 0 aromatic heterocycles. The number of ether oxygens (including phenoxy) is 1. The van der Waals surface area contributed by atoms with Gasteiger partial charge in [-0.2, -0.15) is 0 Å². The monoisotopic (exact) mass is 100 g/mol. The van der Waals surface area contributed by atoms with E-state index in [0.29, 0.717) is 6.61 Å². The van der Waals surface area contributed by atoms with E-state index < -0.39 is 0 Å². The minimum Gasteiger partial charge on any atom is -0.503 e. The SMILES string of the molecule is CCO/C=C/BO. The maximum Gasteiger partial charge on any atom is 0.300 e. The van der Waals surface area contributed by atoms with E-state index in [0.717, 1.165) is 0 Å². The normalized spacial score (nSPS) is 9.43. The Balaban J connectivity index is 2.78. The van der Waals surface area contributed by atoms with Crippen LogP contribution in [0.1, 0.15) is 6.92 Å². The fourth-order valence-electron chi connectivity index (χ4n) is 0.207. The summed E-state index contributed by atoms with van der Waals surface area (Å²) in [5, 5.41) is 8.13. The van der Waals surface area contributed by atoms with Crippen LogP contribution in [-0.4, -0.2) is 19.1 Å². The highest BCUT2D eigenvalue weighted by atomic mass is 16.5. The molecule has 2 nitrogen and oxygen atoms in total. The lowest BCUT2D eigenvalue weighted by atomic mass is 10.0. The third-order valence-corrected chi connectivity index (χ3v) is 0.465. The highest BCUT2D eigenvalue weighted by Gasteiger charge is 1.69. The molecule has 0 aromatic carbocycles. The van der Waals surface area contributed by atoms with Gasteiger partial charge in [-0.15, -0.1) is 0 Å². The lowest BCUT2D eigenvalue weighted by Gasteiger charge is -1.87. The number of rotatable bonds is 3. The molecule has 0 fully saturated rings. The maximum absolute atomic E-state index is 8.13. The van der Waals surface area contributed by atoms with Crippen LogP contribution in [0.25, 0.3) is 0 Å². The molecule has 0 atom stereocenters. The molecule has 0 saturated carbocycles. The Morgan fingerprint density at radius 2 is 2.57 bits per heavy atom. The second-order valence-electron chi connectivity index (χ2n) is 1.01. The fraction of sp³-hybridized carbons (Fsp3) is 0.500. The average molecular weight is 99.9 g/mol. The van der Waals surface area contributed by atoms with Crippen LogP contribution in [0.15, 0.2) is 12.2 Å². The third kappa shape index (κ3) is 5.56. The zero-order valence-electron chi connectivity index (χ0n) is 4.42. The zero-order chi connectivity index (χ0) is 5.54. The Labute approximate surface area is 44.1 Å². The van der Waals surface area contributed by atoms with Gasteiger partial charge in [0.15, 0.2) is 0 Å². The summed E-state index contributed by atoms with van der Waals surface area (Å²) in [5.41, 5.74) is 0. The van der Waals surface area contributed by atoms with E-state index in [2.05, 4.69) is 0 Å². The van der Waals surface area contributed by atoms with E-state index >= 15 is 0 Å². The first-order valence-electron chi connectivity index (χ1n) is 2.29. The smallest absolute Gasteiger partial charge is 0.300 e. The topological polar surface area (TPSA) is 29.5 Å². The van der Waals surface area contributed by atoms with Crippen molar-refractivity contribution in [3.05, 3.63) is 12.2 Å². The first kappa shape index (κ1) is 6.56. The van der Waals surface area contributed by atoms with Gasteiger partial charge in [0.05, 0.1) is 12.9 Å². The summed E-state index contributed by atoms with van der Waals surface area (Å²) in [6.07, 6.45) is 1.49. The minimum absolute atomic E-state index is 0.0556. The molecule has 0 aliphatic rings. The Morgan fingerprint density at radius 3 is 3.00 bits per heavy atom. The third-order valence-electron chi connectivity index (χ3n) is 0.465. The summed E-state index contributed by atoms with van der Waals surface area (Å²) in [5.74, 6) is 1.55. The Bertz CT molecular complexity index is 53.7. The van der Waals surface area contributed by atoms with Crippen molar-refractivity contribution in [2.45, 2.75) is 6.92 Å². The second kappa shape index (κ2) is 5.56. The van der Waals surface area contributed by atoms with Crippen molar-refractivity contribution < 1.29 is 9.76 Å². The summed E-state index contributed by atoms with van der Waals surface area (Å²) >= 11 is 0. The molecule has 0 bridgehead atoms. The molecular formula is C4H9BO2. The molecule has 1 N–H and O–H groups in total. The van der Waals surface area contributed by atoms with Crippen LogP contribution in [0.2, 0.25) is 0 Å². The number of hydrogen-bond acceptors (Lipinski definition) is 2. The predicted octanol–water partition coefficient (Wildman–Crippen LogP) is -0.162. The summed E-state index contributed by atoms with van der Waals surface area (Å²) in [6, 6.07) is 0. The molecule has 0 amide bonds. The van der Waals surface area contributed by atoms with E-state index in [9.17, 15) is 0 Å². The van der Waals surface area contributed by atoms with Gasteiger partial charge in [-0.05, 0) is 6.92 Å². The van der Waals surface area contributed by atoms with Gasteiger partial charge in [-0.1, -0.05) is 5.98 Å². The Hall–Kier alpha value is -0.435. The van der Waals surface area contributed by atoms with Gasteiger partial charge in [0.25, 0.3) is 7.48 Å². The van der Waals surface area contributed by atoms with Gasteiger partial charge in [-0.25, -0.2) is 0 Å². The fourth-order valence-corrected chi connectivity index (χ4v) is 0.207. The van der Waals surface area contributed by atoms with Crippen molar-refractivity contribution in [2.75, 3.05) is 6.61 Å². The van der Waals surface area contributed by atoms with Gasteiger partial charge in [0.2, 0.25) is 0 Å². The van der Waals surface area contributed by atoms with Gasteiger partial charge < -0.3 is 9.76 Å². The van der Waals surface area contributed by atoms with Crippen molar-refractivity contribution in [2.24, 2.45) is 0 Å². The lowest BCUT2D eigenvalue weighted by Crippen LogP contribution is -1.81. The summed E-state index contributed by atoms with van der Waals surface area (Å²) < 4.78 is 4.73. The predicted molar refractivity (Wildman–Crippen MR) is 30.1 cm³/mol. The molecule has 0 saturated heterocycles. The molecule has 0 aromatic rings. The molecule has 0 aliphatic carbocycles. The molecule has 0 rings (SSSR count). The van der Waals surface area contributed by atoms with E-state index in [1.807, 2.05) is 6.92 Å². The quantitative estimate of drug-likeness (QED) is 0.394. The molecule has 0 spiro atoms. The van der Waals surface area contributed by atoms with E-state index in [-0.39, 0.29) is 7.48 Å². The van der Waals surface area contributed by atoms with Gasteiger partial charge >= 0.3 is 0 Å². The van der Waals surface area contributed by atoms with Crippen LogP contribution >= 0.6 is 0 Å². The highest BCUT2D eigenvalue weighted by molar-refractivity contribution is 6.32.